The van der Waals surface area contributed by atoms with Gasteiger partial charge in [-0.15, -0.1) is 10.2 Å². The standard InChI is InChI=1S/C43H28N4/c1-2-10-31(11-3-1)42-35-12-4-6-14-37(35)43(38-15-7-5-13-36(38)42)32-21-24-34(25-22-32)47-45-40-26-23-33(28-41(40)46-47)29-17-19-30(20-18-29)39-16-8-9-27-44-39/h1-28H. The Bertz CT molecular complexity index is 2480. The van der Waals surface area contributed by atoms with E-state index in [2.05, 4.69) is 145 Å². The maximum Gasteiger partial charge on any atom is 0.114 e. The Labute approximate surface area is 272 Å². The zero-order valence-corrected chi connectivity index (χ0v) is 25.5. The van der Waals surface area contributed by atoms with Crippen molar-refractivity contribution in [2.45, 2.75) is 0 Å². The fraction of sp³-hybridized carbons (Fsp3) is 0. The van der Waals surface area contributed by atoms with Crippen LogP contribution in [0.4, 0.5) is 0 Å². The van der Waals surface area contributed by atoms with Gasteiger partial charge in [-0.3, -0.25) is 4.98 Å². The van der Waals surface area contributed by atoms with Crippen LogP contribution in [0.15, 0.2) is 170 Å². The van der Waals surface area contributed by atoms with Gasteiger partial charge in [0, 0.05) is 11.8 Å². The number of benzene rings is 7. The van der Waals surface area contributed by atoms with Gasteiger partial charge in [-0.1, -0.05) is 127 Å². The Kier molecular flexibility index (Phi) is 6.43. The van der Waals surface area contributed by atoms with Gasteiger partial charge in [-0.2, -0.15) is 4.80 Å². The maximum atomic E-state index is 4.88. The summed E-state index contributed by atoms with van der Waals surface area (Å²) >= 11 is 0. The summed E-state index contributed by atoms with van der Waals surface area (Å²) in [6.45, 7) is 0. The van der Waals surface area contributed by atoms with Crippen LogP contribution in [0.3, 0.4) is 0 Å². The monoisotopic (exact) mass is 600 g/mol. The van der Waals surface area contributed by atoms with Gasteiger partial charge in [0.15, 0.2) is 0 Å². The van der Waals surface area contributed by atoms with Crippen LogP contribution in [-0.2, 0) is 0 Å². The molecule has 2 heterocycles. The van der Waals surface area contributed by atoms with Crippen LogP contribution in [0.25, 0.3) is 82.9 Å². The second-order valence-electron chi connectivity index (χ2n) is 11.7. The summed E-state index contributed by atoms with van der Waals surface area (Å²) in [5, 5.41) is 14.7. The Balaban J connectivity index is 1.08. The molecule has 220 valence electrons. The lowest BCUT2D eigenvalue weighted by molar-refractivity contribution is 0.766. The minimum Gasteiger partial charge on any atom is -0.256 e. The molecule has 0 saturated heterocycles. The van der Waals surface area contributed by atoms with Gasteiger partial charge in [0.25, 0.3) is 0 Å². The van der Waals surface area contributed by atoms with Gasteiger partial charge in [0.2, 0.25) is 0 Å². The molecule has 0 bridgehead atoms. The first-order valence-corrected chi connectivity index (χ1v) is 15.8. The highest BCUT2D eigenvalue weighted by molar-refractivity contribution is 6.21. The highest BCUT2D eigenvalue weighted by atomic mass is 15.5. The second-order valence-corrected chi connectivity index (χ2v) is 11.7. The Morgan fingerprint density at radius 2 is 0.872 bits per heavy atom. The summed E-state index contributed by atoms with van der Waals surface area (Å²) in [5.74, 6) is 0. The van der Waals surface area contributed by atoms with Crippen molar-refractivity contribution in [1.29, 1.82) is 0 Å². The van der Waals surface area contributed by atoms with Crippen LogP contribution in [0.5, 0.6) is 0 Å². The Morgan fingerprint density at radius 1 is 0.362 bits per heavy atom. The zero-order chi connectivity index (χ0) is 31.2. The number of pyridine rings is 1. The number of aromatic nitrogens is 4. The van der Waals surface area contributed by atoms with E-state index >= 15 is 0 Å². The van der Waals surface area contributed by atoms with Gasteiger partial charge in [-0.25, -0.2) is 0 Å². The molecule has 9 rings (SSSR count). The van der Waals surface area contributed by atoms with Crippen molar-refractivity contribution in [3.8, 4) is 50.3 Å². The van der Waals surface area contributed by atoms with E-state index in [9.17, 15) is 0 Å². The summed E-state index contributed by atoms with van der Waals surface area (Å²) in [6.07, 6.45) is 1.82. The molecule has 0 aliphatic carbocycles. The first-order chi connectivity index (χ1) is 23.3. The summed E-state index contributed by atoms with van der Waals surface area (Å²) in [7, 11) is 0. The molecule has 0 aliphatic rings. The minimum absolute atomic E-state index is 0.855. The third-order valence-corrected chi connectivity index (χ3v) is 8.94. The van der Waals surface area contributed by atoms with Crippen LogP contribution >= 0.6 is 0 Å². The molecule has 7 aromatic carbocycles. The molecule has 0 atom stereocenters. The number of fused-ring (bicyclic) bond motifs is 3. The number of nitrogens with zero attached hydrogens (tertiary/aromatic N) is 4. The number of hydrogen-bond acceptors (Lipinski definition) is 3. The van der Waals surface area contributed by atoms with E-state index in [0.29, 0.717) is 0 Å². The van der Waals surface area contributed by atoms with Crippen LogP contribution < -0.4 is 0 Å². The third-order valence-electron chi connectivity index (χ3n) is 8.94. The molecule has 0 aliphatic heterocycles. The van der Waals surface area contributed by atoms with Gasteiger partial charge < -0.3 is 0 Å². The van der Waals surface area contributed by atoms with Crippen molar-refractivity contribution in [1.82, 2.24) is 20.0 Å². The molecule has 9 aromatic rings. The van der Waals surface area contributed by atoms with E-state index < -0.39 is 0 Å². The molecular formula is C43H28N4. The van der Waals surface area contributed by atoms with Crippen molar-refractivity contribution in [3.63, 3.8) is 0 Å². The first-order valence-electron chi connectivity index (χ1n) is 15.8. The second kappa shape index (κ2) is 11.2. The molecule has 2 aromatic heterocycles. The highest BCUT2D eigenvalue weighted by Crippen LogP contribution is 2.43. The molecule has 0 saturated carbocycles. The predicted molar refractivity (Wildman–Crippen MR) is 193 cm³/mol. The Morgan fingerprint density at radius 3 is 1.49 bits per heavy atom. The molecule has 0 unspecified atom stereocenters. The predicted octanol–water partition coefficient (Wildman–Crippen LogP) is 10.8. The Hall–Kier alpha value is -6.39. The first kappa shape index (κ1) is 27.0. The van der Waals surface area contributed by atoms with E-state index in [1.807, 2.05) is 30.5 Å². The van der Waals surface area contributed by atoms with Crippen LogP contribution in [-0.4, -0.2) is 20.0 Å². The van der Waals surface area contributed by atoms with E-state index in [1.165, 1.54) is 38.2 Å². The normalized spacial score (nSPS) is 11.4. The quantitative estimate of drug-likeness (QED) is 0.185. The molecular weight excluding hydrogens is 573 g/mol. The van der Waals surface area contributed by atoms with Gasteiger partial charge >= 0.3 is 0 Å². The summed E-state index contributed by atoms with van der Waals surface area (Å²) in [4.78, 5) is 6.20. The molecule has 0 N–H and O–H groups in total. The minimum atomic E-state index is 0.855. The lowest BCUT2D eigenvalue weighted by atomic mass is 9.86. The summed E-state index contributed by atoms with van der Waals surface area (Å²) in [5.41, 5.74) is 11.8. The van der Waals surface area contributed by atoms with E-state index in [1.54, 1.807) is 4.80 Å². The fourth-order valence-corrected chi connectivity index (χ4v) is 6.69. The van der Waals surface area contributed by atoms with Gasteiger partial charge in [-0.05, 0) is 91.3 Å². The smallest absolute Gasteiger partial charge is 0.114 e. The number of rotatable bonds is 5. The molecule has 47 heavy (non-hydrogen) atoms. The van der Waals surface area contributed by atoms with Gasteiger partial charge in [0.05, 0.1) is 11.4 Å². The number of hydrogen-bond donors (Lipinski definition) is 0. The van der Waals surface area contributed by atoms with Crippen molar-refractivity contribution in [2.75, 3.05) is 0 Å². The average Bonchev–Trinajstić information content (AvgIpc) is 3.58. The topological polar surface area (TPSA) is 43.6 Å². The molecule has 0 fully saturated rings. The molecule has 0 amide bonds. The molecule has 0 spiro atoms. The maximum absolute atomic E-state index is 4.88. The lowest BCUT2D eigenvalue weighted by Crippen LogP contribution is -1.98. The fourth-order valence-electron chi connectivity index (χ4n) is 6.69. The zero-order valence-electron chi connectivity index (χ0n) is 25.5. The summed E-state index contributed by atoms with van der Waals surface area (Å²) in [6, 6.07) is 57.5. The largest absolute Gasteiger partial charge is 0.256 e. The molecule has 4 nitrogen and oxygen atoms in total. The van der Waals surface area contributed by atoms with Crippen molar-refractivity contribution in [3.05, 3.63) is 170 Å². The van der Waals surface area contributed by atoms with Crippen LogP contribution in [0.1, 0.15) is 0 Å². The van der Waals surface area contributed by atoms with Crippen molar-refractivity contribution >= 4 is 32.6 Å². The molecule has 4 heteroatoms. The third kappa shape index (κ3) is 4.75. The lowest BCUT2D eigenvalue weighted by Gasteiger charge is -2.17. The molecule has 0 radical (unpaired) electrons. The van der Waals surface area contributed by atoms with E-state index in [-0.39, 0.29) is 0 Å². The van der Waals surface area contributed by atoms with Crippen LogP contribution in [0.2, 0.25) is 0 Å². The highest BCUT2D eigenvalue weighted by Gasteiger charge is 2.16. The summed E-state index contributed by atoms with van der Waals surface area (Å²) < 4.78 is 0. The van der Waals surface area contributed by atoms with Crippen LogP contribution in [0, 0.1) is 0 Å². The van der Waals surface area contributed by atoms with Crippen molar-refractivity contribution in [2.24, 2.45) is 0 Å². The van der Waals surface area contributed by atoms with Crippen molar-refractivity contribution < 1.29 is 0 Å². The van der Waals surface area contributed by atoms with E-state index in [4.69, 9.17) is 10.2 Å². The van der Waals surface area contributed by atoms with E-state index in [0.717, 1.165) is 44.7 Å². The average molecular weight is 601 g/mol. The van der Waals surface area contributed by atoms with Gasteiger partial charge in [0.1, 0.15) is 11.0 Å². The SMILES string of the molecule is c1ccc(-c2c3ccccc3c(-c3ccc(-n4nc5ccc(-c6ccc(-c7ccccn7)cc6)cc5n4)cc3)c3ccccc23)cc1.